The first-order chi connectivity index (χ1) is 6.97. The molecule has 0 radical (unpaired) electrons. The van der Waals surface area contributed by atoms with Crippen LogP contribution in [-0.4, -0.2) is 5.78 Å². The summed E-state index contributed by atoms with van der Waals surface area (Å²) in [6.45, 7) is 7.23. The van der Waals surface area contributed by atoms with Crippen molar-refractivity contribution in [1.82, 2.24) is 0 Å². The van der Waals surface area contributed by atoms with Gasteiger partial charge in [0.1, 0.15) is 0 Å². The van der Waals surface area contributed by atoms with E-state index in [-0.39, 0.29) is 0 Å². The van der Waals surface area contributed by atoms with Crippen molar-refractivity contribution in [2.45, 2.75) is 52.9 Å². The molecule has 0 spiro atoms. The predicted octanol–water partition coefficient (Wildman–Crippen LogP) is 3.49. The minimum Gasteiger partial charge on any atom is -0.295 e. The lowest BCUT2D eigenvalue weighted by molar-refractivity contribution is -0.115. The van der Waals surface area contributed by atoms with Crippen molar-refractivity contribution in [1.29, 1.82) is 0 Å². The normalized spacial score (nSPS) is 42.3. The fourth-order valence-corrected chi connectivity index (χ4v) is 4.29. The first kappa shape index (κ1) is 9.62. The third-order valence-electron chi connectivity index (χ3n) is 5.86. The number of hydrogen-bond acceptors (Lipinski definition) is 1. The Morgan fingerprint density at radius 2 is 1.93 bits per heavy atom. The molecule has 2 atom stereocenters. The van der Waals surface area contributed by atoms with Crippen molar-refractivity contribution in [2.75, 3.05) is 0 Å². The number of carbonyl (C=O) groups is 1. The van der Waals surface area contributed by atoms with Gasteiger partial charge in [-0.1, -0.05) is 26.3 Å². The molecular weight excluding hydrogens is 184 g/mol. The van der Waals surface area contributed by atoms with Gasteiger partial charge in [0.25, 0.3) is 0 Å². The van der Waals surface area contributed by atoms with Crippen LogP contribution in [-0.2, 0) is 4.79 Å². The monoisotopic (exact) mass is 204 g/mol. The van der Waals surface area contributed by atoms with Gasteiger partial charge in [-0.25, -0.2) is 0 Å². The molecule has 0 aromatic carbocycles. The zero-order valence-electron chi connectivity index (χ0n) is 10.0. The van der Waals surface area contributed by atoms with Gasteiger partial charge < -0.3 is 0 Å². The van der Waals surface area contributed by atoms with E-state index in [1.54, 1.807) is 0 Å². The maximum Gasteiger partial charge on any atom is 0.159 e. The van der Waals surface area contributed by atoms with Crippen LogP contribution in [0.15, 0.2) is 11.1 Å². The minimum atomic E-state index is 0.331. The third kappa shape index (κ3) is 0.926. The summed E-state index contributed by atoms with van der Waals surface area (Å²) >= 11 is 0. The highest BCUT2D eigenvalue weighted by Gasteiger charge is 2.58. The van der Waals surface area contributed by atoms with Gasteiger partial charge in [0.05, 0.1) is 0 Å². The zero-order valence-corrected chi connectivity index (χ0v) is 10.0. The van der Waals surface area contributed by atoms with Gasteiger partial charge in [0.2, 0.25) is 0 Å². The molecule has 0 aromatic rings. The highest BCUT2D eigenvalue weighted by Crippen LogP contribution is 2.66. The molecule has 1 heteroatoms. The molecule has 82 valence electrons. The second-order valence-electron chi connectivity index (χ2n) is 6.37. The van der Waals surface area contributed by atoms with E-state index in [1.165, 1.54) is 24.0 Å². The Hall–Kier alpha value is -0.590. The molecule has 0 N–H and O–H groups in total. The van der Waals surface area contributed by atoms with E-state index in [2.05, 4.69) is 20.8 Å². The Balaban J connectivity index is 2.17. The van der Waals surface area contributed by atoms with E-state index in [0.29, 0.717) is 16.6 Å². The maximum atomic E-state index is 11.8. The molecule has 2 bridgehead atoms. The summed E-state index contributed by atoms with van der Waals surface area (Å²) < 4.78 is 0. The summed E-state index contributed by atoms with van der Waals surface area (Å²) in [4.78, 5) is 11.8. The molecule has 1 saturated carbocycles. The number of ketones is 1. The van der Waals surface area contributed by atoms with E-state index < -0.39 is 0 Å². The second kappa shape index (κ2) is 2.56. The molecule has 0 aliphatic heterocycles. The molecule has 1 fully saturated rings. The van der Waals surface area contributed by atoms with Gasteiger partial charge in [0.15, 0.2) is 5.78 Å². The van der Waals surface area contributed by atoms with Gasteiger partial charge in [-0.15, -0.1) is 0 Å². The van der Waals surface area contributed by atoms with E-state index >= 15 is 0 Å². The standard InChI is InChI=1S/C14H20O/c1-13(2)9-6-7-14(13,3)11-4-5-12(15)10(11)8-9/h9H,4-8H2,1-3H3. The molecule has 3 rings (SSSR count). The molecule has 0 amide bonds. The lowest BCUT2D eigenvalue weighted by Crippen LogP contribution is -2.39. The quantitative estimate of drug-likeness (QED) is 0.590. The zero-order chi connectivity index (χ0) is 10.8. The number of allylic oxidation sites excluding steroid dienone is 2. The minimum absolute atomic E-state index is 0.331. The van der Waals surface area contributed by atoms with Crippen LogP contribution in [0.4, 0.5) is 0 Å². The smallest absolute Gasteiger partial charge is 0.159 e. The molecule has 2 unspecified atom stereocenters. The largest absolute Gasteiger partial charge is 0.295 e. The van der Waals surface area contributed by atoms with Crippen LogP contribution in [0.1, 0.15) is 52.9 Å². The Bertz CT molecular complexity index is 375. The Morgan fingerprint density at radius 1 is 1.20 bits per heavy atom. The Morgan fingerprint density at radius 3 is 2.67 bits per heavy atom. The number of Topliss-reactive ketones (excluding diaryl/α,β-unsaturated/α-hetero) is 1. The SMILES string of the molecule is CC12CCC(CC3=C1CCC3=O)C2(C)C. The number of hydrogen-bond donors (Lipinski definition) is 0. The number of rotatable bonds is 0. The lowest BCUT2D eigenvalue weighted by Gasteiger charge is -2.47. The molecule has 3 aliphatic rings. The van der Waals surface area contributed by atoms with Crippen molar-refractivity contribution in [3.05, 3.63) is 11.1 Å². The number of carbonyl (C=O) groups excluding carboxylic acids is 1. The van der Waals surface area contributed by atoms with Crippen LogP contribution in [0.3, 0.4) is 0 Å². The third-order valence-corrected chi connectivity index (χ3v) is 5.86. The molecule has 1 nitrogen and oxygen atoms in total. The Labute approximate surface area is 91.9 Å². The van der Waals surface area contributed by atoms with Crippen LogP contribution in [0, 0.1) is 16.7 Å². The van der Waals surface area contributed by atoms with Crippen LogP contribution in [0.5, 0.6) is 0 Å². The Kier molecular flexibility index (Phi) is 1.64. The van der Waals surface area contributed by atoms with Gasteiger partial charge in [-0.2, -0.15) is 0 Å². The molecular formula is C14H20O. The average Bonchev–Trinajstić information content (AvgIpc) is 2.55. The van der Waals surface area contributed by atoms with Gasteiger partial charge in [0, 0.05) is 6.42 Å². The van der Waals surface area contributed by atoms with E-state index in [9.17, 15) is 4.79 Å². The van der Waals surface area contributed by atoms with E-state index in [0.717, 1.165) is 25.2 Å². The summed E-state index contributed by atoms with van der Waals surface area (Å²) in [6.07, 6.45) is 5.56. The van der Waals surface area contributed by atoms with Crippen LogP contribution in [0.2, 0.25) is 0 Å². The summed E-state index contributed by atoms with van der Waals surface area (Å²) in [5, 5.41) is 0. The predicted molar refractivity (Wildman–Crippen MR) is 60.5 cm³/mol. The highest BCUT2D eigenvalue weighted by atomic mass is 16.1. The molecule has 0 saturated heterocycles. The van der Waals surface area contributed by atoms with Crippen LogP contribution >= 0.6 is 0 Å². The molecule has 3 aliphatic carbocycles. The second-order valence-corrected chi connectivity index (χ2v) is 6.37. The fraction of sp³-hybridized carbons (Fsp3) is 0.786. The number of fused-ring (bicyclic) bond motifs is 3. The summed E-state index contributed by atoms with van der Waals surface area (Å²) in [5.74, 6) is 1.21. The summed E-state index contributed by atoms with van der Waals surface area (Å²) in [5.41, 5.74) is 3.51. The summed E-state index contributed by atoms with van der Waals surface area (Å²) in [7, 11) is 0. The highest BCUT2D eigenvalue weighted by molar-refractivity contribution is 5.99. The van der Waals surface area contributed by atoms with E-state index in [4.69, 9.17) is 0 Å². The molecule has 15 heavy (non-hydrogen) atoms. The van der Waals surface area contributed by atoms with Crippen molar-refractivity contribution >= 4 is 5.78 Å². The first-order valence-electron chi connectivity index (χ1n) is 6.22. The topological polar surface area (TPSA) is 17.1 Å². The van der Waals surface area contributed by atoms with Crippen molar-refractivity contribution in [3.8, 4) is 0 Å². The van der Waals surface area contributed by atoms with Gasteiger partial charge in [-0.05, 0) is 48.0 Å². The first-order valence-corrected chi connectivity index (χ1v) is 6.22. The van der Waals surface area contributed by atoms with Gasteiger partial charge in [-0.3, -0.25) is 4.79 Å². The van der Waals surface area contributed by atoms with E-state index in [1.807, 2.05) is 0 Å². The lowest BCUT2D eigenvalue weighted by atomic mass is 9.57. The van der Waals surface area contributed by atoms with Gasteiger partial charge >= 0.3 is 0 Å². The maximum absolute atomic E-state index is 11.8. The molecule has 0 heterocycles. The van der Waals surface area contributed by atoms with Crippen LogP contribution in [0.25, 0.3) is 0 Å². The van der Waals surface area contributed by atoms with Crippen LogP contribution < -0.4 is 0 Å². The van der Waals surface area contributed by atoms with Crippen molar-refractivity contribution in [3.63, 3.8) is 0 Å². The van der Waals surface area contributed by atoms with Crippen molar-refractivity contribution in [2.24, 2.45) is 16.7 Å². The molecule has 0 aromatic heterocycles. The average molecular weight is 204 g/mol. The summed E-state index contributed by atoms with van der Waals surface area (Å²) in [6, 6.07) is 0. The fourth-order valence-electron chi connectivity index (χ4n) is 4.29. The van der Waals surface area contributed by atoms with Crippen molar-refractivity contribution < 1.29 is 4.79 Å².